The number of benzene rings is 2. The monoisotopic (exact) mass is 331 g/mol. The first kappa shape index (κ1) is 14.9. The van der Waals surface area contributed by atoms with Crippen molar-refractivity contribution in [3.63, 3.8) is 0 Å². The number of rotatable bonds is 4. The van der Waals surface area contributed by atoms with Crippen LogP contribution in [0.5, 0.6) is 0 Å². The van der Waals surface area contributed by atoms with Crippen LogP contribution in [0.25, 0.3) is 11.3 Å². The number of carbonyl (C=O) groups excluding carboxylic acids is 2. The van der Waals surface area contributed by atoms with Crippen molar-refractivity contribution in [1.82, 2.24) is 5.32 Å². The predicted molar refractivity (Wildman–Crippen MR) is 93.6 cm³/mol. The number of fused-ring (bicyclic) bond motifs is 1. The highest BCUT2D eigenvalue weighted by Gasteiger charge is 2.27. The number of furan rings is 1. The van der Waals surface area contributed by atoms with E-state index in [1.54, 1.807) is 36.5 Å². The Bertz CT molecular complexity index is 990. The average molecular weight is 331 g/mol. The van der Waals surface area contributed by atoms with Crippen LogP contribution in [-0.2, 0) is 0 Å². The molecule has 0 spiro atoms. The second-order valence-electron chi connectivity index (χ2n) is 5.48. The lowest BCUT2D eigenvalue weighted by Gasteiger charge is -1.99. The molecule has 1 aromatic heterocycles. The van der Waals surface area contributed by atoms with Gasteiger partial charge in [-0.25, -0.2) is 0 Å². The van der Waals surface area contributed by atoms with Gasteiger partial charge in [0.15, 0.2) is 0 Å². The van der Waals surface area contributed by atoms with Gasteiger partial charge in [0.05, 0.1) is 23.0 Å². The summed E-state index contributed by atoms with van der Waals surface area (Å²) in [6, 6.07) is 18.2. The Labute approximate surface area is 143 Å². The van der Waals surface area contributed by atoms with Gasteiger partial charge in [0.2, 0.25) is 0 Å². The zero-order valence-electron chi connectivity index (χ0n) is 13.0. The van der Waals surface area contributed by atoms with E-state index in [0.29, 0.717) is 22.6 Å². The van der Waals surface area contributed by atoms with Gasteiger partial charge in [-0.2, -0.15) is 5.10 Å². The van der Waals surface area contributed by atoms with Gasteiger partial charge in [-0.3, -0.25) is 20.3 Å². The van der Waals surface area contributed by atoms with E-state index < -0.39 is 0 Å². The molecule has 1 aliphatic heterocycles. The zero-order chi connectivity index (χ0) is 17.2. The third-order valence-electron chi connectivity index (χ3n) is 3.81. The topological polar surface area (TPSA) is 83.7 Å². The van der Waals surface area contributed by atoms with Crippen LogP contribution in [0.15, 0.2) is 70.2 Å². The average Bonchev–Trinajstić information content (AvgIpc) is 3.21. The Morgan fingerprint density at radius 1 is 0.920 bits per heavy atom. The Balaban J connectivity index is 1.53. The van der Waals surface area contributed by atoms with Gasteiger partial charge in [0.25, 0.3) is 11.8 Å². The molecule has 0 aliphatic carbocycles. The predicted octanol–water partition coefficient (Wildman–Crippen LogP) is 3.28. The minimum atomic E-state index is -0.387. The van der Waals surface area contributed by atoms with Crippen molar-refractivity contribution >= 4 is 23.7 Å². The zero-order valence-corrected chi connectivity index (χ0v) is 13.0. The summed E-state index contributed by atoms with van der Waals surface area (Å²) >= 11 is 0. The van der Waals surface area contributed by atoms with Gasteiger partial charge >= 0.3 is 0 Å². The molecule has 0 radical (unpaired) electrons. The molecule has 2 N–H and O–H groups in total. The summed E-state index contributed by atoms with van der Waals surface area (Å²) < 4.78 is 5.72. The van der Waals surface area contributed by atoms with Crippen LogP contribution in [0.4, 0.5) is 5.69 Å². The van der Waals surface area contributed by atoms with Crippen LogP contribution in [0.1, 0.15) is 26.5 Å². The van der Waals surface area contributed by atoms with Gasteiger partial charge in [-0.05, 0) is 36.4 Å². The third-order valence-corrected chi connectivity index (χ3v) is 3.81. The summed E-state index contributed by atoms with van der Waals surface area (Å²) in [5.74, 6) is 0.406. The van der Waals surface area contributed by atoms with E-state index in [9.17, 15) is 9.59 Å². The van der Waals surface area contributed by atoms with Crippen LogP contribution >= 0.6 is 0 Å². The van der Waals surface area contributed by atoms with Gasteiger partial charge < -0.3 is 4.42 Å². The number of imide groups is 1. The largest absolute Gasteiger partial charge is 0.455 e. The summed E-state index contributed by atoms with van der Waals surface area (Å²) in [6.45, 7) is 0. The fourth-order valence-corrected chi connectivity index (χ4v) is 2.58. The number of para-hydroxylation sites is 1. The molecule has 3 aromatic rings. The van der Waals surface area contributed by atoms with Gasteiger partial charge in [-0.1, -0.05) is 24.3 Å². The molecular formula is C19H13N3O3. The molecule has 6 nitrogen and oxygen atoms in total. The van der Waals surface area contributed by atoms with E-state index in [0.717, 1.165) is 11.3 Å². The van der Waals surface area contributed by atoms with Crippen molar-refractivity contribution in [1.29, 1.82) is 0 Å². The maximum absolute atomic E-state index is 11.7. The number of nitrogens with zero attached hydrogens (tertiary/aromatic N) is 1. The Morgan fingerprint density at radius 2 is 1.72 bits per heavy atom. The normalized spacial score (nSPS) is 13.1. The molecule has 2 amide bonds. The van der Waals surface area contributed by atoms with Crippen molar-refractivity contribution in [2.24, 2.45) is 5.10 Å². The van der Waals surface area contributed by atoms with E-state index in [1.807, 2.05) is 30.3 Å². The smallest absolute Gasteiger partial charge is 0.258 e. The molecule has 0 fully saturated rings. The third kappa shape index (κ3) is 2.92. The fourth-order valence-electron chi connectivity index (χ4n) is 2.58. The van der Waals surface area contributed by atoms with E-state index >= 15 is 0 Å². The number of amides is 2. The molecule has 1 aliphatic rings. The second-order valence-corrected chi connectivity index (χ2v) is 5.48. The number of nitrogens with one attached hydrogen (secondary N) is 2. The molecule has 0 bridgehead atoms. The van der Waals surface area contributed by atoms with Crippen molar-refractivity contribution in [2.75, 3.05) is 5.43 Å². The number of anilines is 1. The standard InChI is InChI=1S/C19H13N3O3/c23-18-15-8-6-12(10-16(15)19(24)21-18)17-9-7-14(25-17)11-20-22-13-4-2-1-3-5-13/h1-11,22H,(H,21,23,24)/b20-11-. The Morgan fingerprint density at radius 3 is 2.56 bits per heavy atom. The molecule has 4 rings (SSSR count). The first-order chi connectivity index (χ1) is 12.2. The van der Waals surface area contributed by atoms with Crippen LogP contribution in [-0.4, -0.2) is 18.0 Å². The minimum Gasteiger partial charge on any atom is -0.455 e. The molecule has 122 valence electrons. The first-order valence-corrected chi connectivity index (χ1v) is 7.65. The SMILES string of the molecule is O=C1NC(=O)c2cc(-c3ccc(/C=N\Nc4ccccc4)o3)ccc21. The fraction of sp³-hybridized carbons (Fsp3) is 0. The summed E-state index contributed by atoms with van der Waals surface area (Å²) in [5, 5.41) is 6.39. The highest BCUT2D eigenvalue weighted by atomic mass is 16.3. The summed E-state index contributed by atoms with van der Waals surface area (Å²) in [7, 11) is 0. The van der Waals surface area contributed by atoms with Crippen molar-refractivity contribution in [2.45, 2.75) is 0 Å². The number of hydrogen-bond donors (Lipinski definition) is 2. The van der Waals surface area contributed by atoms with Crippen LogP contribution in [0, 0.1) is 0 Å². The Kier molecular flexibility index (Phi) is 3.63. The second kappa shape index (κ2) is 6.09. The van der Waals surface area contributed by atoms with Crippen molar-refractivity contribution < 1.29 is 14.0 Å². The highest BCUT2D eigenvalue weighted by molar-refractivity contribution is 6.21. The molecule has 0 saturated carbocycles. The lowest BCUT2D eigenvalue weighted by molar-refractivity contribution is 0.0879. The van der Waals surface area contributed by atoms with Crippen LogP contribution in [0.3, 0.4) is 0 Å². The minimum absolute atomic E-state index is 0.361. The maximum atomic E-state index is 11.7. The first-order valence-electron chi connectivity index (χ1n) is 7.65. The van der Waals surface area contributed by atoms with Crippen molar-refractivity contribution in [3.05, 3.63) is 77.6 Å². The molecular weight excluding hydrogens is 318 g/mol. The highest BCUT2D eigenvalue weighted by Crippen LogP contribution is 2.26. The molecule has 2 aromatic carbocycles. The maximum Gasteiger partial charge on any atom is 0.258 e. The summed E-state index contributed by atoms with van der Waals surface area (Å²) in [6.07, 6.45) is 1.57. The number of carbonyl (C=O) groups is 2. The number of hydrazone groups is 1. The summed E-state index contributed by atoms with van der Waals surface area (Å²) in [4.78, 5) is 23.3. The van der Waals surface area contributed by atoms with Gasteiger partial charge in [0.1, 0.15) is 11.5 Å². The summed E-state index contributed by atoms with van der Waals surface area (Å²) in [5.41, 5.74) is 5.25. The molecule has 0 atom stereocenters. The molecule has 0 saturated heterocycles. The lowest BCUT2D eigenvalue weighted by Crippen LogP contribution is -2.19. The van der Waals surface area contributed by atoms with Gasteiger partial charge in [0, 0.05) is 5.56 Å². The lowest BCUT2D eigenvalue weighted by atomic mass is 10.0. The van der Waals surface area contributed by atoms with Crippen molar-refractivity contribution in [3.8, 4) is 11.3 Å². The molecule has 6 heteroatoms. The molecule has 2 heterocycles. The van der Waals surface area contributed by atoms with E-state index in [2.05, 4.69) is 15.8 Å². The van der Waals surface area contributed by atoms with E-state index in [4.69, 9.17) is 4.42 Å². The Hall–Kier alpha value is -3.67. The van der Waals surface area contributed by atoms with Gasteiger partial charge in [-0.15, -0.1) is 0 Å². The quantitative estimate of drug-likeness (QED) is 0.436. The van der Waals surface area contributed by atoms with Crippen LogP contribution < -0.4 is 10.7 Å². The molecule has 0 unspecified atom stereocenters. The van der Waals surface area contributed by atoms with E-state index in [1.165, 1.54) is 0 Å². The molecule has 25 heavy (non-hydrogen) atoms. The number of hydrogen-bond acceptors (Lipinski definition) is 5. The van der Waals surface area contributed by atoms with E-state index in [-0.39, 0.29) is 11.8 Å². The van der Waals surface area contributed by atoms with Crippen LogP contribution in [0.2, 0.25) is 0 Å².